The number of amides is 1. The summed E-state index contributed by atoms with van der Waals surface area (Å²) >= 11 is 0. The molecule has 96 valence electrons. The minimum absolute atomic E-state index is 0.107. The molecule has 7 heteroatoms. The highest BCUT2D eigenvalue weighted by Crippen LogP contribution is 1.93. The summed E-state index contributed by atoms with van der Waals surface area (Å²) < 4.78 is 0. The van der Waals surface area contributed by atoms with Crippen molar-refractivity contribution in [2.24, 2.45) is 5.11 Å². The average Bonchev–Trinajstić information content (AvgIpc) is 2.33. The first kappa shape index (κ1) is 13.8. The number of hydrogen-bond donors (Lipinski definition) is 2. The molecule has 0 aliphatic carbocycles. The fourth-order valence-electron chi connectivity index (χ4n) is 1.40. The highest BCUT2D eigenvalue weighted by atomic mass is 16.2. The summed E-state index contributed by atoms with van der Waals surface area (Å²) in [7, 11) is 0. The molecule has 0 bridgehead atoms. The fourth-order valence-corrected chi connectivity index (χ4v) is 1.40. The van der Waals surface area contributed by atoms with Crippen molar-refractivity contribution in [3.05, 3.63) is 44.2 Å². The van der Waals surface area contributed by atoms with Crippen LogP contribution in [0.2, 0.25) is 0 Å². The summed E-state index contributed by atoms with van der Waals surface area (Å²) in [5.41, 5.74) is 8.59. The molecule has 1 aromatic heterocycles. The molecule has 1 amide bonds. The minimum atomic E-state index is -0.389. The molecule has 0 aromatic carbocycles. The number of azide groups is 1. The first-order chi connectivity index (χ1) is 8.65. The zero-order chi connectivity index (χ0) is 13.4. The molecule has 0 atom stereocenters. The number of H-pyrrole nitrogens is 1. The molecule has 1 heterocycles. The van der Waals surface area contributed by atoms with Crippen molar-refractivity contribution < 1.29 is 4.79 Å². The van der Waals surface area contributed by atoms with Gasteiger partial charge in [0, 0.05) is 36.0 Å². The van der Waals surface area contributed by atoms with Crippen LogP contribution in [0.25, 0.3) is 10.4 Å². The molecular weight excluding hydrogens is 234 g/mol. The summed E-state index contributed by atoms with van der Waals surface area (Å²) in [6.45, 7) is 2.61. The Morgan fingerprint density at radius 2 is 2.33 bits per heavy atom. The van der Waals surface area contributed by atoms with E-state index in [0.717, 1.165) is 0 Å². The van der Waals surface area contributed by atoms with Crippen LogP contribution in [0.3, 0.4) is 0 Å². The third-order valence-corrected chi connectivity index (χ3v) is 2.34. The number of aromatic amines is 1. The lowest BCUT2D eigenvalue weighted by atomic mass is 10.2. The van der Waals surface area contributed by atoms with Crippen LogP contribution >= 0.6 is 0 Å². The van der Waals surface area contributed by atoms with Crippen molar-refractivity contribution >= 4 is 5.91 Å². The van der Waals surface area contributed by atoms with Gasteiger partial charge >= 0.3 is 0 Å². The van der Waals surface area contributed by atoms with Crippen LogP contribution in [-0.2, 0) is 0 Å². The molecule has 0 unspecified atom stereocenters. The second-order valence-electron chi connectivity index (χ2n) is 3.81. The maximum absolute atomic E-state index is 11.7. The van der Waals surface area contributed by atoms with Crippen LogP contribution in [0.15, 0.2) is 22.2 Å². The lowest BCUT2D eigenvalue weighted by Crippen LogP contribution is -2.29. The molecule has 1 rings (SSSR count). The smallest absolute Gasteiger partial charge is 0.256 e. The Bertz CT molecular complexity index is 516. The summed E-state index contributed by atoms with van der Waals surface area (Å²) in [6.07, 6.45) is 2.82. The molecule has 0 radical (unpaired) electrons. The standard InChI is InChI=1S/C11H15N5O2/c1-8-6-10(17)9(7-14-8)11(18)13-4-2-3-5-15-16-12/h6-7H,2-5H2,1H3,(H,13,18)(H,14,17). The Labute approximate surface area is 104 Å². The van der Waals surface area contributed by atoms with E-state index >= 15 is 0 Å². The summed E-state index contributed by atoms with van der Waals surface area (Å²) in [4.78, 5) is 28.6. The van der Waals surface area contributed by atoms with E-state index in [-0.39, 0.29) is 16.9 Å². The SMILES string of the molecule is Cc1cc(=O)c(C(=O)NCCCCN=[N+]=[N-])c[nH]1. The molecule has 0 aliphatic rings. The molecule has 1 aromatic rings. The topological polar surface area (TPSA) is 111 Å². The highest BCUT2D eigenvalue weighted by Gasteiger charge is 2.08. The molecule has 7 nitrogen and oxygen atoms in total. The lowest BCUT2D eigenvalue weighted by Gasteiger charge is -2.04. The first-order valence-electron chi connectivity index (χ1n) is 5.63. The number of aryl methyl sites for hydroxylation is 1. The molecule has 0 saturated heterocycles. The number of nitrogens with zero attached hydrogens (tertiary/aromatic N) is 3. The van der Waals surface area contributed by atoms with Gasteiger partial charge in [-0.15, -0.1) is 0 Å². The fraction of sp³-hybridized carbons (Fsp3) is 0.455. The van der Waals surface area contributed by atoms with Crippen molar-refractivity contribution in [2.75, 3.05) is 13.1 Å². The quantitative estimate of drug-likeness (QED) is 0.344. The Kier molecular flexibility index (Phi) is 5.47. The summed E-state index contributed by atoms with van der Waals surface area (Å²) in [5, 5.41) is 6.03. The Balaban J connectivity index is 2.41. The van der Waals surface area contributed by atoms with Crippen molar-refractivity contribution in [1.29, 1.82) is 0 Å². The zero-order valence-corrected chi connectivity index (χ0v) is 10.1. The monoisotopic (exact) mass is 249 g/mol. The van der Waals surface area contributed by atoms with E-state index in [9.17, 15) is 9.59 Å². The summed E-state index contributed by atoms with van der Waals surface area (Å²) in [6, 6.07) is 1.39. The van der Waals surface area contributed by atoms with Gasteiger partial charge in [-0.1, -0.05) is 5.11 Å². The second kappa shape index (κ2) is 7.13. The third-order valence-electron chi connectivity index (χ3n) is 2.34. The van der Waals surface area contributed by atoms with Crippen LogP contribution in [0.4, 0.5) is 0 Å². The van der Waals surface area contributed by atoms with Gasteiger partial charge in [0.15, 0.2) is 5.43 Å². The van der Waals surface area contributed by atoms with Crippen LogP contribution in [-0.4, -0.2) is 24.0 Å². The molecule has 0 spiro atoms. The van der Waals surface area contributed by atoms with E-state index < -0.39 is 0 Å². The summed E-state index contributed by atoms with van der Waals surface area (Å²) in [5.74, 6) is -0.389. The highest BCUT2D eigenvalue weighted by molar-refractivity contribution is 5.93. The van der Waals surface area contributed by atoms with E-state index in [1.165, 1.54) is 12.3 Å². The molecule has 18 heavy (non-hydrogen) atoms. The van der Waals surface area contributed by atoms with Gasteiger partial charge in [0.1, 0.15) is 5.56 Å². The van der Waals surface area contributed by atoms with E-state index in [1.54, 1.807) is 6.92 Å². The maximum Gasteiger partial charge on any atom is 0.256 e. The largest absolute Gasteiger partial charge is 0.364 e. The van der Waals surface area contributed by atoms with Crippen molar-refractivity contribution in [1.82, 2.24) is 10.3 Å². The molecule has 0 saturated carbocycles. The average molecular weight is 249 g/mol. The number of pyridine rings is 1. The number of carbonyl (C=O) groups excluding carboxylic acids is 1. The maximum atomic E-state index is 11.7. The Hall–Kier alpha value is -2.27. The van der Waals surface area contributed by atoms with Crippen LogP contribution in [0, 0.1) is 6.92 Å². The lowest BCUT2D eigenvalue weighted by molar-refractivity contribution is 0.0951. The van der Waals surface area contributed by atoms with Crippen LogP contribution in [0.1, 0.15) is 28.9 Å². The van der Waals surface area contributed by atoms with Gasteiger partial charge in [-0.25, -0.2) is 0 Å². The molecule has 0 aliphatic heterocycles. The normalized spacial score (nSPS) is 9.61. The van der Waals surface area contributed by atoms with E-state index in [1.807, 2.05) is 0 Å². The Morgan fingerprint density at radius 1 is 1.56 bits per heavy atom. The number of carbonyl (C=O) groups is 1. The van der Waals surface area contributed by atoms with Gasteiger partial charge in [-0.3, -0.25) is 9.59 Å². The van der Waals surface area contributed by atoms with Gasteiger partial charge in [0.2, 0.25) is 0 Å². The predicted octanol–water partition coefficient (Wildman–Crippen LogP) is 1.50. The second-order valence-corrected chi connectivity index (χ2v) is 3.81. The van der Waals surface area contributed by atoms with Crippen molar-refractivity contribution in [3.8, 4) is 0 Å². The van der Waals surface area contributed by atoms with E-state index in [4.69, 9.17) is 5.53 Å². The number of unbranched alkanes of at least 4 members (excludes halogenated alkanes) is 1. The van der Waals surface area contributed by atoms with Gasteiger partial charge in [-0.05, 0) is 25.3 Å². The predicted molar refractivity (Wildman–Crippen MR) is 67.4 cm³/mol. The Morgan fingerprint density at radius 3 is 3.00 bits per heavy atom. The number of rotatable bonds is 6. The number of nitrogens with one attached hydrogen (secondary N) is 2. The van der Waals surface area contributed by atoms with Gasteiger partial charge in [0.25, 0.3) is 5.91 Å². The number of aromatic nitrogens is 1. The third kappa shape index (κ3) is 4.31. The first-order valence-corrected chi connectivity index (χ1v) is 5.63. The van der Waals surface area contributed by atoms with Crippen molar-refractivity contribution in [3.63, 3.8) is 0 Å². The van der Waals surface area contributed by atoms with E-state index in [2.05, 4.69) is 20.3 Å². The van der Waals surface area contributed by atoms with Crippen LogP contribution < -0.4 is 10.7 Å². The molecular formula is C11H15N5O2. The van der Waals surface area contributed by atoms with E-state index in [0.29, 0.717) is 31.6 Å². The number of hydrogen-bond acceptors (Lipinski definition) is 3. The van der Waals surface area contributed by atoms with Gasteiger partial charge < -0.3 is 10.3 Å². The minimum Gasteiger partial charge on any atom is -0.364 e. The zero-order valence-electron chi connectivity index (χ0n) is 10.1. The van der Waals surface area contributed by atoms with Gasteiger partial charge in [0.05, 0.1) is 0 Å². The molecule has 2 N–H and O–H groups in total. The van der Waals surface area contributed by atoms with Crippen LogP contribution in [0.5, 0.6) is 0 Å². The van der Waals surface area contributed by atoms with Crippen molar-refractivity contribution in [2.45, 2.75) is 19.8 Å². The van der Waals surface area contributed by atoms with Gasteiger partial charge in [-0.2, -0.15) is 0 Å². The molecule has 0 fully saturated rings.